The summed E-state index contributed by atoms with van der Waals surface area (Å²) in [6.07, 6.45) is 3.03. The van der Waals surface area contributed by atoms with Crippen molar-refractivity contribution in [2.24, 2.45) is 5.73 Å². The van der Waals surface area contributed by atoms with Crippen molar-refractivity contribution in [1.29, 1.82) is 0 Å². The summed E-state index contributed by atoms with van der Waals surface area (Å²) in [5, 5.41) is 0. The second-order valence-corrected chi connectivity index (χ2v) is 6.63. The number of fused-ring (bicyclic) bond motifs is 1. The summed E-state index contributed by atoms with van der Waals surface area (Å²) < 4.78 is 0. The number of carbonyl (C=O) groups excluding carboxylic acids is 1. The largest absolute Gasteiger partial charge is 0.348 e. The summed E-state index contributed by atoms with van der Waals surface area (Å²) in [5.41, 5.74) is 8.79. The molecular weight excluding hydrogens is 330 g/mol. The lowest BCUT2D eigenvalue weighted by molar-refractivity contribution is -0.128. The van der Waals surface area contributed by atoms with E-state index < -0.39 is 0 Å². The highest BCUT2D eigenvalue weighted by molar-refractivity contribution is 5.87. The molecule has 2 aromatic heterocycles. The number of aromatic nitrogens is 4. The van der Waals surface area contributed by atoms with E-state index >= 15 is 0 Å². The maximum atomic E-state index is 12.8. The second kappa shape index (κ2) is 6.72. The molecule has 0 bridgehead atoms. The van der Waals surface area contributed by atoms with Gasteiger partial charge >= 0.3 is 0 Å². The van der Waals surface area contributed by atoms with E-state index in [2.05, 4.69) is 32.1 Å². The number of anilines is 1. The first kappa shape index (κ1) is 16.5. The standard InChI is InChI=1S/C18H21N7O/c1-24(18-16-17(21-10-20-16)22-11-23-18)9-15(26)25-7-13(14(19)8-25)12-5-3-2-4-6-12/h2-6,10-11,13-14H,7-9,19H2,1H3,(H,20,21,22,23)/t13-,14+/m0/s1. The van der Waals surface area contributed by atoms with Gasteiger partial charge in [-0.3, -0.25) is 4.79 Å². The lowest BCUT2D eigenvalue weighted by atomic mass is 9.95. The molecule has 3 aromatic rings. The van der Waals surface area contributed by atoms with Gasteiger partial charge in [0, 0.05) is 32.1 Å². The normalized spacial score (nSPS) is 19.8. The number of H-pyrrole nitrogens is 1. The van der Waals surface area contributed by atoms with Crippen LogP contribution in [0.5, 0.6) is 0 Å². The molecule has 1 fully saturated rings. The maximum Gasteiger partial charge on any atom is 0.242 e. The zero-order valence-corrected chi connectivity index (χ0v) is 14.5. The third-order valence-electron chi connectivity index (χ3n) is 4.88. The van der Waals surface area contributed by atoms with Crippen molar-refractivity contribution in [2.75, 3.05) is 31.6 Å². The van der Waals surface area contributed by atoms with Gasteiger partial charge in [0.05, 0.1) is 12.9 Å². The van der Waals surface area contributed by atoms with Crippen LogP contribution in [-0.2, 0) is 4.79 Å². The third kappa shape index (κ3) is 2.99. The van der Waals surface area contributed by atoms with Gasteiger partial charge in [-0.25, -0.2) is 15.0 Å². The molecule has 1 aliphatic heterocycles. The zero-order valence-electron chi connectivity index (χ0n) is 14.5. The van der Waals surface area contributed by atoms with Crippen LogP contribution in [0, 0.1) is 0 Å². The van der Waals surface area contributed by atoms with Crippen molar-refractivity contribution in [3.63, 3.8) is 0 Å². The highest BCUT2D eigenvalue weighted by Crippen LogP contribution is 2.26. The van der Waals surface area contributed by atoms with Crippen LogP contribution in [-0.4, -0.2) is 63.5 Å². The van der Waals surface area contributed by atoms with E-state index in [0.29, 0.717) is 24.6 Å². The van der Waals surface area contributed by atoms with Crippen LogP contribution in [0.25, 0.3) is 11.2 Å². The highest BCUT2D eigenvalue weighted by atomic mass is 16.2. The van der Waals surface area contributed by atoms with Gasteiger partial charge in [0.1, 0.15) is 11.8 Å². The van der Waals surface area contributed by atoms with Gasteiger partial charge in [-0.05, 0) is 5.56 Å². The molecule has 3 N–H and O–H groups in total. The van der Waals surface area contributed by atoms with E-state index in [4.69, 9.17) is 5.73 Å². The molecule has 26 heavy (non-hydrogen) atoms. The van der Waals surface area contributed by atoms with Crippen molar-refractivity contribution in [1.82, 2.24) is 24.8 Å². The number of aromatic amines is 1. The minimum atomic E-state index is -0.0509. The predicted molar refractivity (Wildman–Crippen MR) is 98.7 cm³/mol. The molecule has 8 nitrogen and oxygen atoms in total. The van der Waals surface area contributed by atoms with E-state index in [1.54, 1.807) is 6.33 Å². The second-order valence-electron chi connectivity index (χ2n) is 6.63. The molecule has 2 atom stereocenters. The van der Waals surface area contributed by atoms with Crippen molar-refractivity contribution in [3.8, 4) is 0 Å². The van der Waals surface area contributed by atoms with Crippen LogP contribution in [0.1, 0.15) is 11.5 Å². The Labute approximate surface area is 151 Å². The van der Waals surface area contributed by atoms with Crippen LogP contribution < -0.4 is 10.6 Å². The summed E-state index contributed by atoms with van der Waals surface area (Å²) in [4.78, 5) is 32.0. The lowest BCUT2D eigenvalue weighted by Gasteiger charge is -2.22. The molecule has 4 rings (SSSR count). The smallest absolute Gasteiger partial charge is 0.242 e. The maximum absolute atomic E-state index is 12.8. The number of hydrogen-bond acceptors (Lipinski definition) is 6. The minimum Gasteiger partial charge on any atom is -0.348 e. The van der Waals surface area contributed by atoms with E-state index in [0.717, 1.165) is 5.52 Å². The summed E-state index contributed by atoms with van der Waals surface area (Å²) >= 11 is 0. The molecular formula is C18H21N7O. The fraction of sp³-hybridized carbons (Fsp3) is 0.333. The summed E-state index contributed by atoms with van der Waals surface area (Å²) in [7, 11) is 1.84. The van der Waals surface area contributed by atoms with Crippen molar-refractivity contribution < 1.29 is 4.79 Å². The predicted octanol–water partition coefficient (Wildman–Crippen LogP) is 0.742. The van der Waals surface area contributed by atoms with Gasteiger partial charge in [-0.1, -0.05) is 30.3 Å². The molecule has 1 saturated heterocycles. The third-order valence-corrected chi connectivity index (χ3v) is 4.88. The lowest BCUT2D eigenvalue weighted by Crippen LogP contribution is -2.39. The SMILES string of the molecule is CN(CC(=O)N1C[C@@H](N)[C@H](c2ccccc2)C1)c1ncnc2nc[nH]c12. The Hall–Kier alpha value is -3.00. The van der Waals surface area contributed by atoms with Crippen molar-refractivity contribution in [3.05, 3.63) is 48.5 Å². The minimum absolute atomic E-state index is 0.0349. The number of likely N-dealkylation sites (N-methyl/N-ethyl adjacent to an activating group) is 1. The Morgan fingerprint density at radius 3 is 2.88 bits per heavy atom. The Bertz CT molecular complexity index is 910. The molecule has 1 aliphatic rings. The number of carbonyl (C=O) groups is 1. The molecule has 1 amide bonds. The highest BCUT2D eigenvalue weighted by Gasteiger charge is 2.34. The average Bonchev–Trinajstić information content (AvgIpc) is 3.28. The molecule has 0 saturated carbocycles. The first-order valence-corrected chi connectivity index (χ1v) is 8.57. The Morgan fingerprint density at radius 2 is 2.08 bits per heavy atom. The number of likely N-dealkylation sites (tertiary alicyclic amines) is 1. The molecule has 3 heterocycles. The van der Waals surface area contributed by atoms with Crippen LogP contribution in [0.3, 0.4) is 0 Å². The monoisotopic (exact) mass is 351 g/mol. The summed E-state index contributed by atoms with van der Waals surface area (Å²) in [5.74, 6) is 0.862. The van der Waals surface area contributed by atoms with Crippen molar-refractivity contribution in [2.45, 2.75) is 12.0 Å². The van der Waals surface area contributed by atoms with E-state index in [1.807, 2.05) is 35.0 Å². The zero-order chi connectivity index (χ0) is 18.1. The number of rotatable bonds is 4. The molecule has 134 valence electrons. The molecule has 1 aromatic carbocycles. The number of benzene rings is 1. The Kier molecular flexibility index (Phi) is 4.26. The first-order chi connectivity index (χ1) is 12.6. The van der Waals surface area contributed by atoms with Crippen LogP contribution in [0.2, 0.25) is 0 Å². The number of hydrogen-bond donors (Lipinski definition) is 2. The van der Waals surface area contributed by atoms with Crippen LogP contribution in [0.4, 0.5) is 5.82 Å². The van der Waals surface area contributed by atoms with Gasteiger partial charge in [0.2, 0.25) is 5.91 Å². The van der Waals surface area contributed by atoms with E-state index in [1.165, 1.54) is 11.9 Å². The van der Waals surface area contributed by atoms with Gasteiger partial charge < -0.3 is 20.5 Å². The summed E-state index contributed by atoms with van der Waals surface area (Å²) in [6.45, 7) is 1.43. The molecule has 0 radical (unpaired) electrons. The van der Waals surface area contributed by atoms with Gasteiger partial charge in [-0.2, -0.15) is 0 Å². The Morgan fingerprint density at radius 1 is 1.27 bits per heavy atom. The number of nitrogens with one attached hydrogen (secondary N) is 1. The van der Waals surface area contributed by atoms with Gasteiger partial charge in [-0.15, -0.1) is 0 Å². The Balaban J connectivity index is 1.46. The van der Waals surface area contributed by atoms with Crippen molar-refractivity contribution >= 4 is 22.9 Å². The first-order valence-electron chi connectivity index (χ1n) is 8.57. The molecule has 0 aliphatic carbocycles. The molecule has 8 heteroatoms. The topological polar surface area (TPSA) is 104 Å². The number of nitrogens with zero attached hydrogens (tertiary/aromatic N) is 5. The van der Waals surface area contributed by atoms with E-state index in [9.17, 15) is 4.79 Å². The van der Waals surface area contributed by atoms with Gasteiger partial charge in [0.25, 0.3) is 0 Å². The quantitative estimate of drug-likeness (QED) is 0.719. The van der Waals surface area contributed by atoms with E-state index in [-0.39, 0.29) is 24.4 Å². The average molecular weight is 351 g/mol. The fourth-order valence-corrected chi connectivity index (χ4v) is 3.51. The number of amides is 1. The number of imidazole rings is 1. The molecule has 0 unspecified atom stereocenters. The van der Waals surface area contributed by atoms with Crippen LogP contribution >= 0.6 is 0 Å². The van der Waals surface area contributed by atoms with Gasteiger partial charge in [0.15, 0.2) is 11.5 Å². The summed E-state index contributed by atoms with van der Waals surface area (Å²) in [6, 6.07) is 10.1. The fourth-order valence-electron chi connectivity index (χ4n) is 3.51. The number of nitrogens with two attached hydrogens (primary N) is 1. The van der Waals surface area contributed by atoms with Crippen LogP contribution in [0.15, 0.2) is 43.0 Å². The molecule has 0 spiro atoms.